The molecule has 0 amide bonds. The van der Waals surface area contributed by atoms with Crippen LogP contribution in [0.4, 0.5) is 0 Å². The number of β-amino-alcohol motifs (C(OH)–C–C–N with tert-alkyl or cyclic N) is 1. The second kappa shape index (κ2) is 5.76. The monoisotopic (exact) mass is 291 g/mol. The second-order valence-electron chi connectivity index (χ2n) is 5.30. The first-order valence-corrected chi connectivity index (χ1v) is 8.23. The number of carbonyl (C=O) groups is 1. The third kappa shape index (κ3) is 2.93. The van der Waals surface area contributed by atoms with Gasteiger partial charge in [0.05, 0.1) is 18.5 Å². The molecule has 1 aliphatic heterocycles. The molecule has 0 aromatic carbocycles. The van der Waals surface area contributed by atoms with Crippen LogP contribution in [-0.4, -0.2) is 54.8 Å². The molecule has 2 fully saturated rings. The first kappa shape index (κ1) is 14.7. The second-order valence-corrected chi connectivity index (χ2v) is 7.47. The van der Waals surface area contributed by atoms with Crippen molar-refractivity contribution < 1.29 is 23.1 Å². The standard InChI is InChI=1S/C12H21NO5S/c1-18-12(15)11-7-9(14)8-13(11)19(16,17)10-5-3-2-4-6-10/h9-11,14H,2-8H2,1H3. The summed E-state index contributed by atoms with van der Waals surface area (Å²) in [6.45, 7) is -0.00139. The number of nitrogens with zero attached hydrogens (tertiary/aromatic N) is 1. The summed E-state index contributed by atoms with van der Waals surface area (Å²) >= 11 is 0. The smallest absolute Gasteiger partial charge is 0.324 e. The van der Waals surface area contributed by atoms with Gasteiger partial charge in [-0.05, 0) is 12.8 Å². The Morgan fingerprint density at radius 2 is 1.89 bits per heavy atom. The number of sulfonamides is 1. The summed E-state index contributed by atoms with van der Waals surface area (Å²) in [4.78, 5) is 11.7. The van der Waals surface area contributed by atoms with Crippen LogP contribution in [0.1, 0.15) is 38.5 Å². The van der Waals surface area contributed by atoms with Gasteiger partial charge in [-0.25, -0.2) is 8.42 Å². The highest BCUT2D eigenvalue weighted by Crippen LogP contribution is 2.31. The van der Waals surface area contributed by atoms with Crippen molar-refractivity contribution in [2.24, 2.45) is 0 Å². The fraction of sp³-hybridized carbons (Fsp3) is 0.917. The van der Waals surface area contributed by atoms with E-state index in [1.54, 1.807) is 0 Å². The molecule has 7 heteroatoms. The molecule has 0 radical (unpaired) electrons. The summed E-state index contributed by atoms with van der Waals surface area (Å²) in [5.41, 5.74) is 0. The first-order valence-electron chi connectivity index (χ1n) is 6.73. The van der Waals surface area contributed by atoms with Crippen molar-refractivity contribution in [2.75, 3.05) is 13.7 Å². The molecule has 19 heavy (non-hydrogen) atoms. The summed E-state index contributed by atoms with van der Waals surface area (Å²) in [6, 6.07) is -0.869. The Morgan fingerprint density at radius 1 is 1.26 bits per heavy atom. The molecule has 1 aliphatic carbocycles. The molecule has 1 saturated heterocycles. The molecular formula is C12H21NO5S. The molecule has 110 valence electrons. The quantitative estimate of drug-likeness (QED) is 0.754. The van der Waals surface area contributed by atoms with E-state index in [-0.39, 0.29) is 13.0 Å². The zero-order chi connectivity index (χ0) is 14.0. The van der Waals surface area contributed by atoms with Crippen LogP contribution in [0.2, 0.25) is 0 Å². The SMILES string of the molecule is COC(=O)C1CC(O)CN1S(=O)(=O)C1CCCCC1. The average Bonchev–Trinajstić information content (AvgIpc) is 2.81. The predicted octanol–water partition coefficient (Wildman–Crippen LogP) is 0.257. The van der Waals surface area contributed by atoms with Crippen LogP contribution in [-0.2, 0) is 19.6 Å². The third-order valence-corrected chi connectivity index (χ3v) is 6.38. The van der Waals surface area contributed by atoms with Gasteiger partial charge in [-0.2, -0.15) is 4.31 Å². The topological polar surface area (TPSA) is 83.9 Å². The average molecular weight is 291 g/mol. The maximum absolute atomic E-state index is 12.6. The minimum atomic E-state index is -3.53. The fourth-order valence-electron chi connectivity index (χ4n) is 2.97. The lowest BCUT2D eigenvalue weighted by molar-refractivity contribution is -0.144. The Labute approximate surface area is 113 Å². The number of ether oxygens (including phenoxy) is 1. The number of hydrogen-bond donors (Lipinski definition) is 1. The molecule has 0 bridgehead atoms. The van der Waals surface area contributed by atoms with Gasteiger partial charge in [-0.1, -0.05) is 19.3 Å². The third-order valence-electron chi connectivity index (χ3n) is 4.01. The largest absolute Gasteiger partial charge is 0.468 e. The van der Waals surface area contributed by atoms with Crippen molar-refractivity contribution in [3.05, 3.63) is 0 Å². The zero-order valence-electron chi connectivity index (χ0n) is 11.1. The number of esters is 1. The number of carbonyl (C=O) groups excluding carboxylic acids is 1. The molecular weight excluding hydrogens is 270 g/mol. The molecule has 1 heterocycles. The Balaban J connectivity index is 2.19. The van der Waals surface area contributed by atoms with E-state index in [0.717, 1.165) is 23.6 Å². The van der Waals surface area contributed by atoms with E-state index in [1.807, 2.05) is 0 Å². The van der Waals surface area contributed by atoms with Crippen molar-refractivity contribution >= 4 is 16.0 Å². The van der Waals surface area contributed by atoms with Gasteiger partial charge in [-0.15, -0.1) is 0 Å². The van der Waals surface area contributed by atoms with Gasteiger partial charge in [0.2, 0.25) is 10.0 Å². The predicted molar refractivity (Wildman–Crippen MR) is 68.9 cm³/mol. The lowest BCUT2D eigenvalue weighted by Gasteiger charge is -2.29. The normalized spacial score (nSPS) is 30.4. The molecule has 6 nitrogen and oxygen atoms in total. The van der Waals surface area contributed by atoms with Crippen LogP contribution < -0.4 is 0 Å². The van der Waals surface area contributed by atoms with Crippen molar-refractivity contribution in [1.29, 1.82) is 0 Å². The van der Waals surface area contributed by atoms with Gasteiger partial charge in [0.1, 0.15) is 6.04 Å². The molecule has 2 unspecified atom stereocenters. The highest BCUT2D eigenvalue weighted by atomic mass is 32.2. The molecule has 2 rings (SSSR count). The lowest BCUT2D eigenvalue weighted by Crippen LogP contribution is -2.46. The van der Waals surface area contributed by atoms with Crippen molar-refractivity contribution in [2.45, 2.75) is 55.9 Å². The number of aliphatic hydroxyl groups excluding tert-OH is 1. The Morgan fingerprint density at radius 3 is 2.47 bits per heavy atom. The minimum Gasteiger partial charge on any atom is -0.468 e. The van der Waals surface area contributed by atoms with E-state index in [2.05, 4.69) is 4.74 Å². The summed E-state index contributed by atoms with van der Waals surface area (Å²) < 4.78 is 30.9. The Kier molecular flexibility index (Phi) is 4.47. The molecule has 0 aromatic rings. The van der Waals surface area contributed by atoms with Crippen molar-refractivity contribution in [1.82, 2.24) is 4.31 Å². The summed E-state index contributed by atoms with van der Waals surface area (Å²) in [7, 11) is -2.29. The number of methoxy groups -OCH3 is 1. The van der Waals surface area contributed by atoms with Gasteiger partial charge in [-0.3, -0.25) is 4.79 Å². The van der Waals surface area contributed by atoms with Gasteiger partial charge < -0.3 is 9.84 Å². The van der Waals surface area contributed by atoms with Crippen LogP contribution in [0.25, 0.3) is 0 Å². The van der Waals surface area contributed by atoms with Crippen molar-refractivity contribution in [3.8, 4) is 0 Å². The van der Waals surface area contributed by atoms with E-state index >= 15 is 0 Å². The molecule has 0 spiro atoms. The first-order chi connectivity index (χ1) is 8.96. The fourth-order valence-corrected chi connectivity index (χ4v) is 5.19. The maximum atomic E-state index is 12.6. The van der Waals surface area contributed by atoms with Crippen LogP contribution in [0, 0.1) is 0 Å². The van der Waals surface area contributed by atoms with Crippen molar-refractivity contribution in [3.63, 3.8) is 0 Å². The van der Waals surface area contributed by atoms with E-state index < -0.39 is 33.4 Å². The van der Waals surface area contributed by atoms with E-state index in [4.69, 9.17) is 0 Å². The van der Waals surface area contributed by atoms with E-state index in [0.29, 0.717) is 12.8 Å². The van der Waals surface area contributed by atoms with E-state index in [1.165, 1.54) is 7.11 Å². The van der Waals surface area contributed by atoms with Crippen LogP contribution in [0.15, 0.2) is 0 Å². The number of hydrogen-bond acceptors (Lipinski definition) is 5. The zero-order valence-corrected chi connectivity index (χ0v) is 11.9. The van der Waals surface area contributed by atoms with Gasteiger partial charge in [0, 0.05) is 13.0 Å². The Bertz CT molecular complexity index is 429. The molecule has 1 N–H and O–H groups in total. The molecule has 1 saturated carbocycles. The molecule has 0 aromatic heterocycles. The highest BCUT2D eigenvalue weighted by Gasteiger charge is 2.46. The summed E-state index contributed by atoms with van der Waals surface area (Å²) in [5, 5.41) is 9.24. The highest BCUT2D eigenvalue weighted by molar-refractivity contribution is 7.89. The number of aliphatic hydroxyl groups is 1. The molecule has 2 aliphatic rings. The minimum absolute atomic E-state index is 0.00139. The Hall–Kier alpha value is -0.660. The summed E-state index contributed by atoms with van der Waals surface area (Å²) in [6.07, 6.45) is 3.49. The van der Waals surface area contributed by atoms with E-state index in [9.17, 15) is 18.3 Å². The number of rotatable bonds is 3. The van der Waals surface area contributed by atoms with Gasteiger partial charge in [0.15, 0.2) is 0 Å². The van der Waals surface area contributed by atoms with Crippen LogP contribution in [0.3, 0.4) is 0 Å². The maximum Gasteiger partial charge on any atom is 0.324 e. The van der Waals surface area contributed by atoms with Crippen LogP contribution >= 0.6 is 0 Å². The van der Waals surface area contributed by atoms with Gasteiger partial charge >= 0.3 is 5.97 Å². The molecule has 2 atom stereocenters. The lowest BCUT2D eigenvalue weighted by atomic mass is 10.0. The summed E-state index contributed by atoms with van der Waals surface area (Å²) in [5.74, 6) is -0.587. The van der Waals surface area contributed by atoms with Crippen LogP contribution in [0.5, 0.6) is 0 Å². The van der Waals surface area contributed by atoms with Gasteiger partial charge in [0.25, 0.3) is 0 Å².